The Morgan fingerprint density at radius 1 is 1.15 bits per heavy atom. The van der Waals surface area contributed by atoms with Crippen molar-refractivity contribution in [2.75, 3.05) is 33.3 Å². The summed E-state index contributed by atoms with van der Waals surface area (Å²) in [5, 5.41) is 6.19. The normalized spacial score (nSPS) is 14.2. The molecule has 7 nitrogen and oxygen atoms in total. The molecule has 1 aliphatic heterocycles. The first-order valence-corrected chi connectivity index (χ1v) is 8.23. The van der Waals surface area contributed by atoms with Crippen LogP contribution in [0.15, 0.2) is 48.8 Å². The number of nitrogens with one attached hydrogen (secondary N) is 2. The fourth-order valence-electron chi connectivity index (χ4n) is 2.58. The number of hydrogen-bond acceptors (Lipinski definition) is 5. The van der Waals surface area contributed by atoms with Gasteiger partial charge in [0.15, 0.2) is 6.23 Å². The smallest absolute Gasteiger partial charge is 0.320 e. The van der Waals surface area contributed by atoms with E-state index >= 15 is 0 Å². The minimum atomic E-state index is -0.613. The molecule has 0 saturated carbocycles. The molecule has 1 aromatic carbocycles. The van der Waals surface area contributed by atoms with Crippen LogP contribution in [0.3, 0.4) is 0 Å². The standard InChI is InChI=1S/C18H22N4O3.2ClH/c1-24-15-6-4-14(5-7-15)17(25-16-3-2-8-20-13-16)21-18(23)22-11-9-19-10-12-22;;/h2-8,13,17,19H,9-12H2,1H3,(H,21,23);2*1H/t17-;;/m0../s1. The lowest BCUT2D eigenvalue weighted by atomic mass is 10.2. The summed E-state index contributed by atoms with van der Waals surface area (Å²) in [7, 11) is 1.62. The lowest BCUT2D eigenvalue weighted by Crippen LogP contribution is -2.51. The maximum absolute atomic E-state index is 12.6. The molecule has 3 rings (SSSR count). The largest absolute Gasteiger partial charge is 0.497 e. The zero-order chi connectivity index (χ0) is 17.5. The second-order valence-corrected chi connectivity index (χ2v) is 5.65. The van der Waals surface area contributed by atoms with Gasteiger partial charge in [0.05, 0.1) is 13.3 Å². The maximum Gasteiger partial charge on any atom is 0.320 e. The predicted octanol–water partition coefficient (Wildman–Crippen LogP) is 2.63. The van der Waals surface area contributed by atoms with Gasteiger partial charge in [-0.2, -0.15) is 0 Å². The van der Waals surface area contributed by atoms with Crippen LogP contribution in [0.1, 0.15) is 11.8 Å². The molecule has 1 aliphatic rings. The van der Waals surface area contributed by atoms with E-state index in [1.54, 1.807) is 36.5 Å². The van der Waals surface area contributed by atoms with Crippen molar-refractivity contribution >= 4 is 30.8 Å². The number of carbonyl (C=O) groups excluding carboxylic acids is 1. The summed E-state index contributed by atoms with van der Waals surface area (Å²) < 4.78 is 11.1. The Morgan fingerprint density at radius 2 is 1.85 bits per heavy atom. The number of hydrogen-bond donors (Lipinski definition) is 2. The molecule has 1 saturated heterocycles. The van der Waals surface area contributed by atoms with Gasteiger partial charge in [-0.25, -0.2) is 4.79 Å². The van der Waals surface area contributed by atoms with E-state index in [9.17, 15) is 4.79 Å². The van der Waals surface area contributed by atoms with Crippen LogP contribution in [-0.4, -0.2) is 49.2 Å². The summed E-state index contributed by atoms with van der Waals surface area (Å²) >= 11 is 0. The van der Waals surface area contributed by atoms with Crippen LogP contribution in [0, 0.1) is 0 Å². The molecule has 27 heavy (non-hydrogen) atoms. The van der Waals surface area contributed by atoms with E-state index in [1.807, 2.05) is 24.3 Å². The molecule has 2 aromatic rings. The zero-order valence-corrected chi connectivity index (χ0v) is 16.6. The number of amides is 2. The molecule has 148 valence electrons. The number of aromatic nitrogens is 1. The Hall–Kier alpha value is -2.22. The van der Waals surface area contributed by atoms with Gasteiger partial charge in [-0.3, -0.25) is 10.3 Å². The van der Waals surface area contributed by atoms with E-state index in [0.717, 1.165) is 24.4 Å². The van der Waals surface area contributed by atoms with Gasteiger partial charge in [-0.05, 0) is 36.4 Å². The number of piperazine rings is 1. The molecule has 0 radical (unpaired) electrons. The molecule has 1 atom stereocenters. The number of rotatable bonds is 5. The molecule has 2 N–H and O–H groups in total. The van der Waals surface area contributed by atoms with Crippen LogP contribution in [0.25, 0.3) is 0 Å². The topological polar surface area (TPSA) is 75.7 Å². The third-order valence-electron chi connectivity index (χ3n) is 3.97. The molecule has 1 fully saturated rings. The van der Waals surface area contributed by atoms with E-state index in [2.05, 4.69) is 15.6 Å². The minimum Gasteiger partial charge on any atom is -0.497 e. The molecule has 2 heterocycles. The monoisotopic (exact) mass is 414 g/mol. The van der Waals surface area contributed by atoms with Gasteiger partial charge < -0.3 is 19.7 Å². The molecule has 0 aliphatic carbocycles. The highest BCUT2D eigenvalue weighted by atomic mass is 35.5. The van der Waals surface area contributed by atoms with Crippen molar-refractivity contribution in [3.8, 4) is 11.5 Å². The average Bonchev–Trinajstić information content (AvgIpc) is 2.69. The zero-order valence-electron chi connectivity index (χ0n) is 15.0. The molecule has 0 unspecified atom stereocenters. The van der Waals surface area contributed by atoms with Crippen LogP contribution in [-0.2, 0) is 0 Å². The van der Waals surface area contributed by atoms with Gasteiger partial charge in [0.1, 0.15) is 11.5 Å². The van der Waals surface area contributed by atoms with Gasteiger partial charge >= 0.3 is 6.03 Å². The molecular weight excluding hydrogens is 391 g/mol. The van der Waals surface area contributed by atoms with E-state index in [4.69, 9.17) is 9.47 Å². The van der Waals surface area contributed by atoms with Crippen LogP contribution >= 0.6 is 24.8 Å². The summed E-state index contributed by atoms with van der Waals surface area (Å²) in [6, 6.07) is 10.9. The number of benzene rings is 1. The Morgan fingerprint density at radius 3 is 2.44 bits per heavy atom. The first-order chi connectivity index (χ1) is 12.3. The summed E-state index contributed by atoms with van der Waals surface area (Å²) in [6.07, 6.45) is 2.68. The first kappa shape index (κ1) is 22.8. The van der Waals surface area contributed by atoms with E-state index in [1.165, 1.54) is 0 Å². The summed E-state index contributed by atoms with van der Waals surface area (Å²) in [5.41, 5.74) is 0.827. The van der Waals surface area contributed by atoms with Crippen LogP contribution in [0.5, 0.6) is 11.5 Å². The Kier molecular flexibility index (Phi) is 9.71. The van der Waals surface area contributed by atoms with Crippen molar-refractivity contribution in [1.29, 1.82) is 0 Å². The number of urea groups is 1. The summed E-state index contributed by atoms with van der Waals surface area (Å²) in [4.78, 5) is 18.4. The number of methoxy groups -OCH3 is 1. The first-order valence-electron chi connectivity index (χ1n) is 8.23. The number of pyridine rings is 1. The van der Waals surface area contributed by atoms with Crippen LogP contribution in [0.4, 0.5) is 4.79 Å². The van der Waals surface area contributed by atoms with Crippen LogP contribution < -0.4 is 20.1 Å². The number of nitrogens with zero attached hydrogens (tertiary/aromatic N) is 2. The molecule has 9 heteroatoms. The van der Waals surface area contributed by atoms with Gasteiger partial charge in [-0.15, -0.1) is 24.8 Å². The highest BCUT2D eigenvalue weighted by molar-refractivity contribution is 5.85. The Labute approximate surface area is 171 Å². The second-order valence-electron chi connectivity index (χ2n) is 5.65. The van der Waals surface area contributed by atoms with Gasteiger partial charge in [0, 0.05) is 37.9 Å². The van der Waals surface area contributed by atoms with E-state index < -0.39 is 6.23 Å². The molecular formula is C18H24Cl2N4O3. The van der Waals surface area contributed by atoms with Gasteiger partial charge in [0.25, 0.3) is 0 Å². The molecule has 1 aromatic heterocycles. The molecule has 2 amide bonds. The lowest BCUT2D eigenvalue weighted by Gasteiger charge is -2.30. The highest BCUT2D eigenvalue weighted by Gasteiger charge is 2.22. The number of carbonyl (C=O) groups is 1. The second kappa shape index (κ2) is 11.5. The molecule has 0 bridgehead atoms. The quantitative estimate of drug-likeness (QED) is 0.735. The summed E-state index contributed by atoms with van der Waals surface area (Å²) in [6.45, 7) is 2.94. The third kappa shape index (κ3) is 6.46. The van der Waals surface area contributed by atoms with Gasteiger partial charge in [-0.1, -0.05) is 0 Å². The highest BCUT2D eigenvalue weighted by Crippen LogP contribution is 2.22. The molecule has 0 spiro atoms. The number of ether oxygens (including phenoxy) is 2. The minimum absolute atomic E-state index is 0. The van der Waals surface area contributed by atoms with E-state index in [0.29, 0.717) is 18.8 Å². The Bertz CT molecular complexity index is 683. The van der Waals surface area contributed by atoms with Crippen molar-refractivity contribution in [1.82, 2.24) is 20.5 Å². The van der Waals surface area contributed by atoms with Crippen molar-refractivity contribution in [3.63, 3.8) is 0 Å². The predicted molar refractivity (Wildman–Crippen MR) is 108 cm³/mol. The van der Waals surface area contributed by atoms with Crippen molar-refractivity contribution in [2.24, 2.45) is 0 Å². The fraction of sp³-hybridized carbons (Fsp3) is 0.333. The summed E-state index contributed by atoms with van der Waals surface area (Å²) in [5.74, 6) is 1.33. The average molecular weight is 415 g/mol. The van der Waals surface area contributed by atoms with Crippen molar-refractivity contribution < 1.29 is 14.3 Å². The van der Waals surface area contributed by atoms with E-state index in [-0.39, 0.29) is 30.8 Å². The van der Waals surface area contributed by atoms with Crippen molar-refractivity contribution in [3.05, 3.63) is 54.4 Å². The number of halogens is 2. The third-order valence-corrected chi connectivity index (χ3v) is 3.97. The fourth-order valence-corrected chi connectivity index (χ4v) is 2.58. The SMILES string of the molecule is COc1ccc([C@@H](NC(=O)N2CCNCC2)Oc2cccnc2)cc1.Cl.Cl. The van der Waals surface area contributed by atoms with Crippen molar-refractivity contribution in [2.45, 2.75) is 6.23 Å². The maximum atomic E-state index is 12.6. The lowest BCUT2D eigenvalue weighted by molar-refractivity contribution is 0.139. The van der Waals surface area contributed by atoms with Crippen LogP contribution in [0.2, 0.25) is 0 Å². The van der Waals surface area contributed by atoms with Gasteiger partial charge in [0.2, 0.25) is 0 Å². The Balaban J connectivity index is 0.00000182.